The van der Waals surface area contributed by atoms with Crippen LogP contribution in [0.3, 0.4) is 0 Å². The van der Waals surface area contributed by atoms with Crippen molar-refractivity contribution < 1.29 is 0 Å². The Labute approximate surface area is 154 Å². The molecule has 25 heavy (non-hydrogen) atoms. The largest absolute Gasteiger partial charge is 0.371 e. The number of likely N-dealkylation sites (tertiary alicyclic amines) is 2. The smallest absolute Gasteiger partial charge is 0.0398 e. The first kappa shape index (κ1) is 17.4. The quantitative estimate of drug-likeness (QED) is 0.827. The third-order valence-electron chi connectivity index (χ3n) is 7.11. The lowest BCUT2D eigenvalue weighted by Gasteiger charge is -2.53. The Balaban J connectivity index is 1.28. The van der Waals surface area contributed by atoms with E-state index < -0.39 is 0 Å². The molecule has 0 N–H and O–H groups in total. The topological polar surface area (TPSA) is 9.72 Å². The van der Waals surface area contributed by atoms with Gasteiger partial charge in [0.15, 0.2) is 0 Å². The molecule has 1 aromatic rings. The highest BCUT2D eigenvalue weighted by Crippen LogP contribution is 2.31. The molecule has 3 aliphatic rings. The Hall–Kier alpha value is -1.06. The van der Waals surface area contributed by atoms with Crippen LogP contribution in [0.2, 0.25) is 0 Å². The summed E-state index contributed by atoms with van der Waals surface area (Å²) in [6.07, 6.45) is 6.91. The molecule has 1 aromatic carbocycles. The first-order chi connectivity index (χ1) is 12.1. The van der Waals surface area contributed by atoms with Crippen molar-refractivity contribution in [3.05, 3.63) is 29.3 Å². The number of nitrogens with zero attached hydrogens (tertiary/aromatic N) is 3. The Morgan fingerprint density at radius 1 is 0.880 bits per heavy atom. The van der Waals surface area contributed by atoms with E-state index in [0.29, 0.717) is 0 Å². The lowest BCUT2D eigenvalue weighted by molar-refractivity contribution is -0.0286. The molecule has 1 unspecified atom stereocenters. The fourth-order valence-electron chi connectivity index (χ4n) is 5.21. The van der Waals surface area contributed by atoms with Crippen LogP contribution in [0.1, 0.15) is 50.2 Å². The van der Waals surface area contributed by atoms with Crippen LogP contribution in [0.15, 0.2) is 18.2 Å². The normalized spacial score (nSPS) is 27.5. The average Bonchev–Trinajstić information content (AvgIpc) is 2.58. The number of hydrogen-bond donors (Lipinski definition) is 0. The van der Waals surface area contributed by atoms with E-state index in [4.69, 9.17) is 0 Å². The molecule has 3 nitrogen and oxygen atoms in total. The van der Waals surface area contributed by atoms with Crippen LogP contribution in [0.25, 0.3) is 0 Å². The van der Waals surface area contributed by atoms with Crippen molar-refractivity contribution in [3.63, 3.8) is 0 Å². The molecule has 138 valence electrons. The third kappa shape index (κ3) is 3.46. The minimum Gasteiger partial charge on any atom is -0.371 e. The zero-order chi connectivity index (χ0) is 17.4. The van der Waals surface area contributed by atoms with Gasteiger partial charge < -0.3 is 4.90 Å². The molecule has 0 amide bonds. The Morgan fingerprint density at radius 2 is 1.64 bits per heavy atom. The molecule has 0 spiro atoms. The third-order valence-corrected chi connectivity index (χ3v) is 7.11. The summed E-state index contributed by atoms with van der Waals surface area (Å²) < 4.78 is 0. The standard InChI is InChI=1S/C22H35N3/c1-17-7-6-9-22(19(17)3)23-13-10-20(11-14-23)24-15-21(16-24)25-12-5-4-8-18(25)2/h6-7,9,18,20-21H,4-5,8,10-16H2,1-3H3. The Bertz CT molecular complexity index is 585. The summed E-state index contributed by atoms with van der Waals surface area (Å²) in [5.41, 5.74) is 4.34. The molecule has 3 heteroatoms. The monoisotopic (exact) mass is 341 g/mol. The molecule has 3 heterocycles. The van der Waals surface area contributed by atoms with E-state index in [1.165, 1.54) is 81.6 Å². The summed E-state index contributed by atoms with van der Waals surface area (Å²) >= 11 is 0. The van der Waals surface area contributed by atoms with Crippen molar-refractivity contribution in [2.75, 3.05) is 37.6 Å². The number of aryl methyl sites for hydroxylation is 1. The minimum atomic E-state index is 0.812. The molecule has 4 rings (SSSR count). The van der Waals surface area contributed by atoms with E-state index in [9.17, 15) is 0 Å². The lowest BCUT2D eigenvalue weighted by Crippen LogP contribution is -2.65. The van der Waals surface area contributed by atoms with Crippen LogP contribution in [0.4, 0.5) is 5.69 Å². The van der Waals surface area contributed by atoms with Crippen LogP contribution in [0, 0.1) is 13.8 Å². The van der Waals surface area contributed by atoms with Gasteiger partial charge >= 0.3 is 0 Å². The van der Waals surface area contributed by atoms with Crippen LogP contribution in [-0.2, 0) is 0 Å². The van der Waals surface area contributed by atoms with Crippen molar-refractivity contribution in [2.24, 2.45) is 0 Å². The molecule has 3 saturated heterocycles. The predicted octanol–water partition coefficient (Wildman–Crippen LogP) is 3.83. The fraction of sp³-hybridized carbons (Fsp3) is 0.727. The van der Waals surface area contributed by atoms with Gasteiger partial charge in [-0.05, 0) is 70.2 Å². The summed E-state index contributed by atoms with van der Waals surface area (Å²) in [7, 11) is 0. The van der Waals surface area contributed by atoms with E-state index in [1.807, 2.05) is 0 Å². The Kier molecular flexibility index (Phi) is 5.06. The fourth-order valence-corrected chi connectivity index (χ4v) is 5.21. The highest BCUT2D eigenvalue weighted by atomic mass is 15.3. The van der Waals surface area contributed by atoms with Crippen LogP contribution in [0.5, 0.6) is 0 Å². The predicted molar refractivity (Wildman–Crippen MR) is 107 cm³/mol. The molecule has 0 bridgehead atoms. The first-order valence-corrected chi connectivity index (χ1v) is 10.4. The van der Waals surface area contributed by atoms with Gasteiger partial charge in [-0.25, -0.2) is 0 Å². The molecule has 1 atom stereocenters. The molecular formula is C22H35N3. The maximum Gasteiger partial charge on any atom is 0.0398 e. The number of benzene rings is 1. The second-order valence-electron chi connectivity index (χ2n) is 8.63. The van der Waals surface area contributed by atoms with E-state index >= 15 is 0 Å². The van der Waals surface area contributed by atoms with Gasteiger partial charge in [0.2, 0.25) is 0 Å². The highest BCUT2D eigenvalue weighted by molar-refractivity contribution is 5.56. The van der Waals surface area contributed by atoms with Gasteiger partial charge in [-0.2, -0.15) is 0 Å². The van der Waals surface area contributed by atoms with Crippen molar-refractivity contribution >= 4 is 5.69 Å². The van der Waals surface area contributed by atoms with Crippen molar-refractivity contribution in [2.45, 2.75) is 71.0 Å². The molecule has 0 saturated carbocycles. The van der Waals surface area contributed by atoms with Crippen molar-refractivity contribution in [3.8, 4) is 0 Å². The molecule has 0 aliphatic carbocycles. The van der Waals surface area contributed by atoms with Crippen molar-refractivity contribution in [1.29, 1.82) is 0 Å². The van der Waals surface area contributed by atoms with Gasteiger partial charge in [-0.15, -0.1) is 0 Å². The summed E-state index contributed by atoms with van der Waals surface area (Å²) in [5.74, 6) is 0. The molecule has 0 radical (unpaired) electrons. The number of piperidine rings is 2. The SMILES string of the molecule is Cc1cccc(N2CCC(N3CC(N4CCCCC4C)C3)CC2)c1C. The van der Waals surface area contributed by atoms with Gasteiger partial charge in [-0.3, -0.25) is 9.80 Å². The summed E-state index contributed by atoms with van der Waals surface area (Å²) in [4.78, 5) is 8.18. The van der Waals surface area contributed by atoms with Gasteiger partial charge in [0.05, 0.1) is 0 Å². The highest BCUT2D eigenvalue weighted by Gasteiger charge is 2.39. The molecule has 3 aliphatic heterocycles. The van der Waals surface area contributed by atoms with Gasteiger partial charge in [-0.1, -0.05) is 18.6 Å². The maximum absolute atomic E-state index is 2.80. The zero-order valence-electron chi connectivity index (χ0n) is 16.4. The number of anilines is 1. The zero-order valence-corrected chi connectivity index (χ0v) is 16.4. The van der Waals surface area contributed by atoms with E-state index in [0.717, 1.165) is 18.1 Å². The van der Waals surface area contributed by atoms with Crippen LogP contribution in [-0.4, -0.2) is 60.6 Å². The summed E-state index contributed by atoms with van der Waals surface area (Å²) in [6, 6.07) is 9.22. The van der Waals surface area contributed by atoms with E-state index in [1.54, 1.807) is 0 Å². The van der Waals surface area contributed by atoms with Crippen LogP contribution < -0.4 is 4.90 Å². The summed E-state index contributed by atoms with van der Waals surface area (Å²) in [5, 5.41) is 0. The average molecular weight is 342 g/mol. The van der Waals surface area contributed by atoms with Gasteiger partial charge in [0.1, 0.15) is 0 Å². The maximum atomic E-state index is 2.80. The summed E-state index contributed by atoms with van der Waals surface area (Å²) in [6.45, 7) is 13.3. The van der Waals surface area contributed by atoms with E-state index in [-0.39, 0.29) is 0 Å². The second-order valence-corrected chi connectivity index (χ2v) is 8.63. The molecule has 3 fully saturated rings. The van der Waals surface area contributed by atoms with Gasteiger partial charge in [0, 0.05) is 50.0 Å². The van der Waals surface area contributed by atoms with E-state index in [2.05, 4.69) is 53.7 Å². The second kappa shape index (κ2) is 7.28. The molecule has 0 aromatic heterocycles. The lowest BCUT2D eigenvalue weighted by atomic mass is 9.93. The van der Waals surface area contributed by atoms with Gasteiger partial charge in [0.25, 0.3) is 0 Å². The molecular weight excluding hydrogens is 306 g/mol. The Morgan fingerprint density at radius 3 is 2.36 bits per heavy atom. The number of rotatable bonds is 3. The van der Waals surface area contributed by atoms with Crippen LogP contribution >= 0.6 is 0 Å². The van der Waals surface area contributed by atoms with Crippen molar-refractivity contribution in [1.82, 2.24) is 9.80 Å². The minimum absolute atomic E-state index is 0.812. The first-order valence-electron chi connectivity index (χ1n) is 10.4. The number of hydrogen-bond acceptors (Lipinski definition) is 3.